The summed E-state index contributed by atoms with van der Waals surface area (Å²) in [5.74, 6) is 0.202. The first-order chi connectivity index (χ1) is 8.52. The molecular formula is C13H16N4O. The van der Waals surface area contributed by atoms with Crippen LogP contribution in [0.15, 0.2) is 30.1 Å². The molecule has 18 heavy (non-hydrogen) atoms. The second kappa shape index (κ2) is 6.40. The van der Waals surface area contributed by atoms with Crippen LogP contribution < -0.4 is 10.6 Å². The van der Waals surface area contributed by atoms with Crippen LogP contribution in [0.25, 0.3) is 0 Å². The Morgan fingerprint density at radius 2 is 2.28 bits per heavy atom. The summed E-state index contributed by atoms with van der Waals surface area (Å²) in [5, 5.41) is 14.4. The molecular weight excluding hydrogens is 228 g/mol. The van der Waals surface area contributed by atoms with Crippen LogP contribution in [0.5, 0.6) is 0 Å². The summed E-state index contributed by atoms with van der Waals surface area (Å²) >= 11 is 0. The van der Waals surface area contributed by atoms with Gasteiger partial charge in [-0.1, -0.05) is 0 Å². The first kappa shape index (κ1) is 13.7. The number of amides is 1. The van der Waals surface area contributed by atoms with Crippen LogP contribution in [-0.2, 0) is 4.79 Å². The summed E-state index contributed by atoms with van der Waals surface area (Å²) in [7, 11) is 0. The smallest absolute Gasteiger partial charge is 0.263 e. The first-order valence-corrected chi connectivity index (χ1v) is 5.63. The number of carbonyl (C=O) groups excluding carboxylic acids is 1. The van der Waals surface area contributed by atoms with E-state index in [0.29, 0.717) is 5.82 Å². The number of nitriles is 1. The molecule has 5 heteroatoms. The Balaban J connectivity index is 2.75. The topological polar surface area (TPSA) is 77.8 Å². The SMILES string of the molecule is Cc1ccnc(N/C=C(/C#N)C(=O)NC(C)C)c1. The van der Waals surface area contributed by atoms with Crippen molar-refractivity contribution in [3.05, 3.63) is 35.7 Å². The predicted octanol–water partition coefficient (Wildman–Crippen LogP) is 1.73. The maximum absolute atomic E-state index is 11.6. The van der Waals surface area contributed by atoms with Gasteiger partial charge in [-0.3, -0.25) is 4.79 Å². The standard InChI is InChI=1S/C13H16N4O/c1-9(2)17-13(18)11(7-14)8-16-12-6-10(3)4-5-15-12/h4-6,8-9H,1-3H3,(H,15,16)(H,17,18)/b11-8-. The summed E-state index contributed by atoms with van der Waals surface area (Å²) in [6.07, 6.45) is 3.02. The predicted molar refractivity (Wildman–Crippen MR) is 69.6 cm³/mol. The molecule has 1 amide bonds. The molecule has 1 aromatic rings. The lowest BCUT2D eigenvalue weighted by Crippen LogP contribution is -2.31. The number of nitrogens with one attached hydrogen (secondary N) is 2. The third kappa shape index (κ3) is 4.26. The van der Waals surface area contributed by atoms with Gasteiger partial charge in [-0.2, -0.15) is 5.26 Å². The zero-order valence-electron chi connectivity index (χ0n) is 10.7. The Morgan fingerprint density at radius 3 is 2.83 bits per heavy atom. The van der Waals surface area contributed by atoms with Crippen LogP contribution in [0.3, 0.4) is 0 Å². The van der Waals surface area contributed by atoms with Gasteiger partial charge in [0.05, 0.1) is 0 Å². The number of hydrogen-bond donors (Lipinski definition) is 2. The van der Waals surface area contributed by atoms with E-state index in [-0.39, 0.29) is 11.6 Å². The lowest BCUT2D eigenvalue weighted by atomic mass is 10.2. The minimum atomic E-state index is -0.396. The van der Waals surface area contributed by atoms with Crippen LogP contribution in [-0.4, -0.2) is 16.9 Å². The zero-order valence-corrected chi connectivity index (χ0v) is 10.7. The highest BCUT2D eigenvalue weighted by molar-refractivity contribution is 5.97. The lowest BCUT2D eigenvalue weighted by Gasteiger charge is -2.07. The van der Waals surface area contributed by atoms with Gasteiger partial charge in [-0.05, 0) is 38.5 Å². The van der Waals surface area contributed by atoms with Crippen molar-refractivity contribution in [1.82, 2.24) is 10.3 Å². The molecule has 0 atom stereocenters. The Kier molecular flexibility index (Phi) is 4.88. The molecule has 0 radical (unpaired) electrons. The molecule has 0 bridgehead atoms. The average Bonchev–Trinajstić information content (AvgIpc) is 2.29. The van der Waals surface area contributed by atoms with E-state index in [0.717, 1.165) is 5.56 Å². The molecule has 0 unspecified atom stereocenters. The van der Waals surface area contributed by atoms with Crippen molar-refractivity contribution in [3.63, 3.8) is 0 Å². The Morgan fingerprint density at radius 1 is 1.56 bits per heavy atom. The Hall–Kier alpha value is -2.35. The molecule has 0 saturated carbocycles. The molecule has 2 N–H and O–H groups in total. The fraction of sp³-hybridized carbons (Fsp3) is 0.308. The number of aromatic nitrogens is 1. The van der Waals surface area contributed by atoms with Crippen LogP contribution in [0, 0.1) is 18.3 Å². The fourth-order valence-corrected chi connectivity index (χ4v) is 1.25. The molecule has 1 aromatic heterocycles. The van der Waals surface area contributed by atoms with Crippen LogP contribution >= 0.6 is 0 Å². The highest BCUT2D eigenvalue weighted by Gasteiger charge is 2.09. The van der Waals surface area contributed by atoms with Crippen LogP contribution in [0.4, 0.5) is 5.82 Å². The number of anilines is 1. The van der Waals surface area contributed by atoms with E-state index in [1.807, 2.05) is 39.0 Å². The van der Waals surface area contributed by atoms with Gasteiger partial charge in [0.1, 0.15) is 17.5 Å². The highest BCUT2D eigenvalue weighted by Crippen LogP contribution is 2.06. The van der Waals surface area contributed by atoms with Gasteiger partial charge in [0.15, 0.2) is 0 Å². The second-order valence-corrected chi connectivity index (χ2v) is 4.16. The van der Waals surface area contributed by atoms with E-state index >= 15 is 0 Å². The molecule has 0 spiro atoms. The number of aryl methyl sites for hydroxylation is 1. The number of nitrogens with zero attached hydrogens (tertiary/aromatic N) is 2. The molecule has 5 nitrogen and oxygen atoms in total. The van der Waals surface area contributed by atoms with Crippen molar-refractivity contribution in [3.8, 4) is 6.07 Å². The number of pyridine rings is 1. The van der Waals surface area contributed by atoms with E-state index in [2.05, 4.69) is 15.6 Å². The van der Waals surface area contributed by atoms with Crippen molar-refractivity contribution in [1.29, 1.82) is 5.26 Å². The molecule has 0 fully saturated rings. The summed E-state index contributed by atoms with van der Waals surface area (Å²) in [6.45, 7) is 5.61. The van der Waals surface area contributed by atoms with Crippen molar-refractivity contribution in [2.75, 3.05) is 5.32 Å². The number of hydrogen-bond acceptors (Lipinski definition) is 4. The van der Waals surface area contributed by atoms with E-state index < -0.39 is 5.91 Å². The fourth-order valence-electron chi connectivity index (χ4n) is 1.25. The van der Waals surface area contributed by atoms with Crippen LogP contribution in [0.1, 0.15) is 19.4 Å². The maximum Gasteiger partial charge on any atom is 0.263 e. The number of carbonyl (C=O) groups is 1. The molecule has 0 aliphatic carbocycles. The van der Waals surface area contributed by atoms with Gasteiger partial charge in [-0.25, -0.2) is 4.98 Å². The van der Waals surface area contributed by atoms with E-state index in [4.69, 9.17) is 5.26 Å². The van der Waals surface area contributed by atoms with Crippen molar-refractivity contribution >= 4 is 11.7 Å². The third-order valence-electron chi connectivity index (χ3n) is 2.06. The summed E-state index contributed by atoms with van der Waals surface area (Å²) in [4.78, 5) is 15.7. The second-order valence-electron chi connectivity index (χ2n) is 4.16. The quantitative estimate of drug-likeness (QED) is 0.624. The van der Waals surface area contributed by atoms with Crippen molar-refractivity contribution in [2.24, 2.45) is 0 Å². The zero-order chi connectivity index (χ0) is 13.5. The van der Waals surface area contributed by atoms with Crippen molar-refractivity contribution in [2.45, 2.75) is 26.8 Å². The van der Waals surface area contributed by atoms with Gasteiger partial charge in [-0.15, -0.1) is 0 Å². The monoisotopic (exact) mass is 244 g/mol. The molecule has 0 aliphatic rings. The average molecular weight is 244 g/mol. The van der Waals surface area contributed by atoms with Gasteiger partial charge >= 0.3 is 0 Å². The Labute approximate surface area is 107 Å². The molecule has 0 aromatic carbocycles. The minimum Gasteiger partial charge on any atom is -0.349 e. The first-order valence-electron chi connectivity index (χ1n) is 5.63. The largest absolute Gasteiger partial charge is 0.349 e. The summed E-state index contributed by atoms with van der Waals surface area (Å²) in [6, 6.07) is 5.53. The Bertz CT molecular complexity index is 500. The van der Waals surface area contributed by atoms with Gasteiger partial charge in [0.25, 0.3) is 5.91 Å². The molecule has 1 heterocycles. The maximum atomic E-state index is 11.6. The lowest BCUT2D eigenvalue weighted by molar-refractivity contribution is -0.117. The molecule has 0 saturated heterocycles. The molecule has 94 valence electrons. The van der Waals surface area contributed by atoms with Gasteiger partial charge in [0.2, 0.25) is 0 Å². The summed E-state index contributed by atoms with van der Waals surface area (Å²) < 4.78 is 0. The molecule has 0 aliphatic heterocycles. The molecule has 1 rings (SSSR count). The highest BCUT2D eigenvalue weighted by atomic mass is 16.1. The van der Waals surface area contributed by atoms with Gasteiger partial charge in [0, 0.05) is 18.4 Å². The minimum absolute atomic E-state index is 0.00801. The van der Waals surface area contributed by atoms with Crippen molar-refractivity contribution < 1.29 is 4.79 Å². The van der Waals surface area contributed by atoms with E-state index in [1.54, 1.807) is 6.20 Å². The normalized spacial score (nSPS) is 10.9. The van der Waals surface area contributed by atoms with Gasteiger partial charge < -0.3 is 10.6 Å². The van der Waals surface area contributed by atoms with E-state index in [9.17, 15) is 4.79 Å². The van der Waals surface area contributed by atoms with Crippen LogP contribution in [0.2, 0.25) is 0 Å². The summed E-state index contributed by atoms with van der Waals surface area (Å²) in [5.41, 5.74) is 1.07. The number of rotatable bonds is 4. The third-order valence-corrected chi connectivity index (χ3v) is 2.06. The van der Waals surface area contributed by atoms with E-state index in [1.165, 1.54) is 6.20 Å².